The number of nitrogens with zero attached hydrogens (tertiary/aromatic N) is 2. The van der Waals surface area contributed by atoms with Crippen LogP contribution in [0.2, 0.25) is 6.82 Å². The van der Waals surface area contributed by atoms with Gasteiger partial charge in [0.25, 0.3) is 0 Å². The number of halogens is 1. The molecule has 1 fully saturated rings. The fourth-order valence-electron chi connectivity index (χ4n) is 2.81. The van der Waals surface area contributed by atoms with Crippen LogP contribution in [0.5, 0.6) is 0 Å². The van der Waals surface area contributed by atoms with Crippen LogP contribution in [-0.2, 0) is 5.41 Å². The van der Waals surface area contributed by atoms with E-state index in [1.54, 1.807) is 6.82 Å². The van der Waals surface area contributed by atoms with Crippen molar-refractivity contribution in [2.24, 2.45) is 0 Å². The van der Waals surface area contributed by atoms with E-state index in [4.69, 9.17) is 0 Å². The predicted octanol–water partition coefficient (Wildman–Crippen LogP) is 1.17. The number of fused-ring (bicyclic) bond motifs is 2. The summed E-state index contributed by atoms with van der Waals surface area (Å²) < 4.78 is 1.98. The second-order valence-corrected chi connectivity index (χ2v) is 6.17. The van der Waals surface area contributed by atoms with Crippen LogP contribution < -0.4 is 9.54 Å². The summed E-state index contributed by atoms with van der Waals surface area (Å²) in [4.78, 5) is 1.88. The van der Waals surface area contributed by atoms with Crippen LogP contribution >= 0.6 is 22.6 Å². The topological polar surface area (TPSA) is 47.6 Å². The molecule has 1 spiro atoms. The maximum Gasteiger partial charge on any atom is 0.532 e. The minimum atomic E-state index is -0.568. The minimum absolute atomic E-state index is 0.273. The quantitative estimate of drug-likeness (QED) is 0.264. The smallest absolute Gasteiger partial charge is 0.412 e. The first-order valence-electron chi connectivity index (χ1n) is 5.94. The lowest BCUT2D eigenvalue weighted by atomic mass is 9.78. The van der Waals surface area contributed by atoms with Gasteiger partial charge in [-0.3, -0.25) is 4.81 Å². The highest BCUT2D eigenvalue weighted by molar-refractivity contribution is 14.1. The summed E-state index contributed by atoms with van der Waals surface area (Å²) in [5.74, 6) is 0.774. The molecular weight excluding hydrogens is 330 g/mol. The summed E-state index contributed by atoms with van der Waals surface area (Å²) in [6.07, 6.45) is 3.48. The molecule has 1 saturated carbocycles. The van der Waals surface area contributed by atoms with Gasteiger partial charge in [0.1, 0.15) is 0 Å². The molecule has 0 bridgehead atoms. The van der Waals surface area contributed by atoms with Crippen molar-refractivity contribution < 1.29 is 15.0 Å². The van der Waals surface area contributed by atoms with Gasteiger partial charge in [0, 0.05) is 33.6 Å². The molecule has 6 heteroatoms. The number of aromatic nitrogens is 1. The van der Waals surface area contributed by atoms with Crippen LogP contribution in [0.1, 0.15) is 24.8 Å². The highest BCUT2D eigenvalue weighted by Gasteiger charge is 2.54. The Morgan fingerprint density at radius 2 is 2.12 bits per heavy atom. The van der Waals surface area contributed by atoms with Crippen molar-refractivity contribution in [3.63, 3.8) is 0 Å². The summed E-state index contributed by atoms with van der Waals surface area (Å²) in [7, 11) is -0.568. The van der Waals surface area contributed by atoms with Gasteiger partial charge in [0.2, 0.25) is 3.70 Å². The molecule has 0 unspecified atom stereocenters. The lowest BCUT2D eigenvalue weighted by Crippen LogP contribution is -2.52. The lowest BCUT2D eigenvalue weighted by molar-refractivity contribution is -0.904. The first-order chi connectivity index (χ1) is 8.05. The summed E-state index contributed by atoms with van der Waals surface area (Å²) >= 11 is 2.10. The van der Waals surface area contributed by atoms with Gasteiger partial charge >= 0.3 is 12.9 Å². The largest absolute Gasteiger partial charge is 0.532 e. The first-order valence-corrected chi connectivity index (χ1v) is 7.02. The Kier molecular flexibility index (Phi) is 2.55. The molecule has 0 radical (unpaired) electrons. The molecule has 1 aromatic rings. The van der Waals surface area contributed by atoms with Crippen molar-refractivity contribution in [1.82, 2.24) is 0 Å². The zero-order chi connectivity index (χ0) is 12.2. The van der Waals surface area contributed by atoms with E-state index in [1.807, 2.05) is 10.9 Å². The van der Waals surface area contributed by atoms with Crippen molar-refractivity contribution in [3.05, 3.63) is 21.4 Å². The molecule has 3 rings (SSSR count). The molecular formula is C11H15BIN2O2+. The Hall–Kier alpha value is -0.495. The zero-order valence-corrected chi connectivity index (χ0v) is 11.9. The molecule has 1 aliphatic heterocycles. The van der Waals surface area contributed by atoms with Gasteiger partial charge in [0.05, 0.1) is 6.54 Å². The summed E-state index contributed by atoms with van der Waals surface area (Å²) in [6.45, 7) is 2.56. The van der Waals surface area contributed by atoms with E-state index in [0.29, 0.717) is 0 Å². The number of hydrogen-bond acceptors (Lipinski definition) is 3. The van der Waals surface area contributed by atoms with E-state index in [-0.39, 0.29) is 5.41 Å². The Bertz CT molecular complexity index is 477. The fraction of sp³-hybridized carbons (Fsp3) is 0.545. The van der Waals surface area contributed by atoms with Crippen LogP contribution in [0.15, 0.2) is 12.1 Å². The van der Waals surface area contributed by atoms with Gasteiger partial charge in [-0.2, -0.15) is 0 Å². The Morgan fingerprint density at radius 1 is 1.41 bits per heavy atom. The van der Waals surface area contributed by atoms with Gasteiger partial charge in [0.15, 0.2) is 0 Å². The van der Waals surface area contributed by atoms with Crippen molar-refractivity contribution in [1.29, 1.82) is 0 Å². The van der Waals surface area contributed by atoms with Gasteiger partial charge in [-0.15, -0.1) is 0 Å². The average Bonchev–Trinajstić information content (AvgIpc) is 3.04. The predicted molar refractivity (Wildman–Crippen MR) is 73.3 cm³/mol. The van der Waals surface area contributed by atoms with E-state index < -0.39 is 7.05 Å². The van der Waals surface area contributed by atoms with Gasteiger partial charge < -0.3 is 10.2 Å². The SMILES string of the molecule is CB(O)N1CCC2(CC2)c2ccc(I)[n+](O)c21. The van der Waals surface area contributed by atoms with E-state index in [1.165, 1.54) is 23.1 Å². The van der Waals surface area contributed by atoms with Crippen LogP contribution in [0.4, 0.5) is 5.82 Å². The standard InChI is InChI=1S/C11H15BIN2O2/c1-12(16)14-7-6-11(4-5-11)8-2-3-9(13)15(17)10(8)14/h2-3,16-17H,4-7H2,1H3/q+1. The average molecular weight is 345 g/mol. The normalized spacial score (nSPS) is 20.3. The van der Waals surface area contributed by atoms with Gasteiger partial charge in [-0.05, 0) is 42.9 Å². The molecule has 0 atom stereocenters. The Morgan fingerprint density at radius 3 is 2.71 bits per heavy atom. The van der Waals surface area contributed by atoms with Crippen molar-refractivity contribution in [2.75, 3.05) is 11.4 Å². The van der Waals surface area contributed by atoms with Crippen LogP contribution in [-0.4, -0.2) is 23.8 Å². The number of rotatable bonds is 1. The molecule has 1 aromatic heterocycles. The van der Waals surface area contributed by atoms with E-state index in [2.05, 4.69) is 28.7 Å². The number of anilines is 1. The van der Waals surface area contributed by atoms with Gasteiger partial charge in [-0.25, -0.2) is 0 Å². The van der Waals surface area contributed by atoms with E-state index in [9.17, 15) is 10.2 Å². The molecule has 90 valence electrons. The third-order valence-electron chi connectivity index (χ3n) is 4.01. The van der Waals surface area contributed by atoms with Crippen molar-refractivity contribution >= 4 is 35.5 Å². The molecule has 0 amide bonds. The van der Waals surface area contributed by atoms with Crippen LogP contribution in [0.25, 0.3) is 0 Å². The molecule has 4 nitrogen and oxygen atoms in total. The third-order valence-corrected chi connectivity index (χ3v) is 4.83. The van der Waals surface area contributed by atoms with Gasteiger partial charge in [-0.1, -0.05) is 0 Å². The lowest BCUT2D eigenvalue weighted by Gasteiger charge is -2.30. The van der Waals surface area contributed by atoms with Crippen molar-refractivity contribution in [2.45, 2.75) is 31.5 Å². The molecule has 0 aromatic carbocycles. The summed E-state index contributed by atoms with van der Waals surface area (Å²) in [5, 5.41) is 20.0. The molecule has 0 saturated heterocycles. The first kappa shape index (κ1) is 11.6. The van der Waals surface area contributed by atoms with E-state index >= 15 is 0 Å². The monoisotopic (exact) mass is 345 g/mol. The summed E-state index contributed by atoms with van der Waals surface area (Å²) in [5.41, 5.74) is 1.46. The second-order valence-electron chi connectivity index (χ2n) is 5.06. The highest BCUT2D eigenvalue weighted by Crippen LogP contribution is 2.55. The highest BCUT2D eigenvalue weighted by atomic mass is 127. The minimum Gasteiger partial charge on any atom is -0.412 e. The van der Waals surface area contributed by atoms with Crippen molar-refractivity contribution in [3.8, 4) is 0 Å². The molecule has 2 heterocycles. The molecule has 17 heavy (non-hydrogen) atoms. The third kappa shape index (κ3) is 1.64. The van der Waals surface area contributed by atoms with Crippen LogP contribution in [0, 0.1) is 3.70 Å². The Labute approximate surface area is 114 Å². The molecule has 2 aliphatic rings. The second kappa shape index (κ2) is 3.75. The zero-order valence-electron chi connectivity index (χ0n) is 9.73. The maximum atomic E-state index is 10.2. The summed E-state index contributed by atoms with van der Waals surface area (Å²) in [6, 6.07) is 4.04. The van der Waals surface area contributed by atoms with E-state index in [0.717, 1.165) is 22.5 Å². The Balaban J connectivity index is 2.18. The fourth-order valence-corrected chi connectivity index (χ4v) is 3.22. The molecule has 2 N–H and O–H groups in total. The van der Waals surface area contributed by atoms with Crippen LogP contribution in [0.3, 0.4) is 0 Å². The maximum absolute atomic E-state index is 10.2. The molecule has 1 aliphatic carbocycles. The number of hydrogen-bond donors (Lipinski definition) is 2. The number of pyridine rings is 1.